The molecule has 3 aromatic rings. The molecule has 0 bridgehead atoms. The molecule has 0 aliphatic carbocycles. The molecule has 0 spiro atoms. The second kappa shape index (κ2) is 10.1. The van der Waals surface area contributed by atoms with Crippen LogP contribution in [0.2, 0.25) is 0 Å². The first-order chi connectivity index (χ1) is 14.5. The summed E-state index contributed by atoms with van der Waals surface area (Å²) in [6.07, 6.45) is 6.70. The van der Waals surface area contributed by atoms with E-state index in [1.807, 2.05) is 12.1 Å². The van der Waals surface area contributed by atoms with Crippen molar-refractivity contribution in [3.63, 3.8) is 0 Å². The van der Waals surface area contributed by atoms with Gasteiger partial charge in [-0.15, -0.1) is 0 Å². The zero-order valence-electron chi connectivity index (χ0n) is 17.2. The Hall–Kier alpha value is -3.01. The first-order valence-corrected chi connectivity index (χ1v) is 10.1. The Morgan fingerprint density at radius 2 is 1.60 bits per heavy atom. The van der Waals surface area contributed by atoms with Gasteiger partial charge >= 0.3 is 0 Å². The molecule has 4 heteroatoms. The molecule has 3 aromatic carbocycles. The highest BCUT2D eigenvalue weighted by Gasteiger charge is 2.11. The van der Waals surface area contributed by atoms with Crippen molar-refractivity contribution in [2.45, 2.75) is 32.6 Å². The number of unbranched alkanes of at least 4 members (excludes halogenated alkanes) is 2. The maximum absolute atomic E-state index is 14.4. The van der Waals surface area contributed by atoms with Crippen LogP contribution in [0.15, 0.2) is 54.6 Å². The fourth-order valence-electron chi connectivity index (χ4n) is 3.31. The lowest BCUT2D eigenvalue weighted by atomic mass is 10.0. The molecule has 0 saturated carbocycles. The van der Waals surface area contributed by atoms with E-state index < -0.39 is 11.6 Å². The van der Waals surface area contributed by atoms with Crippen LogP contribution in [0.1, 0.15) is 42.9 Å². The summed E-state index contributed by atoms with van der Waals surface area (Å²) >= 11 is 0. The van der Waals surface area contributed by atoms with Crippen molar-refractivity contribution < 1.29 is 17.9 Å². The lowest BCUT2D eigenvalue weighted by Gasteiger charge is -2.07. The summed E-state index contributed by atoms with van der Waals surface area (Å²) in [6, 6.07) is 15.2. The van der Waals surface area contributed by atoms with Gasteiger partial charge in [0.15, 0.2) is 11.6 Å². The van der Waals surface area contributed by atoms with Gasteiger partial charge in [0, 0.05) is 17.2 Å². The standard InChI is InChI=1S/C26H25F3O/c1-3-4-5-6-20-13-14-21(26(29)25(20)28)12-9-18-7-10-19(11-8-18)23-16-15-22(30-2)17-24(23)27/h7-17H,3-6H2,1-2H3. The van der Waals surface area contributed by atoms with Gasteiger partial charge in [0.1, 0.15) is 11.6 Å². The maximum atomic E-state index is 14.4. The smallest absolute Gasteiger partial charge is 0.166 e. The number of rotatable bonds is 8. The van der Waals surface area contributed by atoms with Crippen LogP contribution in [-0.4, -0.2) is 7.11 Å². The van der Waals surface area contributed by atoms with Crippen molar-refractivity contribution in [1.29, 1.82) is 0 Å². The molecule has 0 aromatic heterocycles. The molecule has 1 nitrogen and oxygen atoms in total. The highest BCUT2D eigenvalue weighted by atomic mass is 19.2. The van der Waals surface area contributed by atoms with Gasteiger partial charge < -0.3 is 4.74 Å². The number of ether oxygens (including phenoxy) is 1. The van der Waals surface area contributed by atoms with E-state index in [0.717, 1.165) is 30.4 Å². The maximum Gasteiger partial charge on any atom is 0.166 e. The molecule has 0 atom stereocenters. The van der Waals surface area contributed by atoms with Crippen LogP contribution in [-0.2, 0) is 6.42 Å². The SMILES string of the molecule is CCCCCc1ccc(C=Cc2ccc(-c3ccc(OC)cc3F)cc2)c(F)c1F. The summed E-state index contributed by atoms with van der Waals surface area (Å²) in [7, 11) is 1.49. The molecule has 3 rings (SSSR count). The quantitative estimate of drug-likeness (QED) is 0.273. The Morgan fingerprint density at radius 3 is 2.27 bits per heavy atom. The van der Waals surface area contributed by atoms with Crippen molar-refractivity contribution in [2.24, 2.45) is 0 Å². The summed E-state index contributed by atoms with van der Waals surface area (Å²) < 4.78 is 47.9. The molecule has 0 N–H and O–H groups in total. The van der Waals surface area contributed by atoms with Crippen LogP contribution < -0.4 is 4.74 Å². The fraction of sp³-hybridized carbons (Fsp3) is 0.231. The highest BCUT2D eigenvalue weighted by molar-refractivity contribution is 5.72. The van der Waals surface area contributed by atoms with E-state index in [1.54, 1.807) is 48.6 Å². The third-order valence-corrected chi connectivity index (χ3v) is 5.10. The molecule has 0 unspecified atom stereocenters. The molecule has 0 aliphatic heterocycles. The van der Waals surface area contributed by atoms with Crippen LogP contribution in [0.5, 0.6) is 5.75 Å². The molecular weight excluding hydrogens is 385 g/mol. The van der Waals surface area contributed by atoms with Gasteiger partial charge in [-0.25, -0.2) is 13.2 Å². The lowest BCUT2D eigenvalue weighted by Crippen LogP contribution is -1.97. The minimum absolute atomic E-state index is 0.206. The van der Waals surface area contributed by atoms with Crippen molar-refractivity contribution in [3.8, 4) is 16.9 Å². The topological polar surface area (TPSA) is 9.23 Å². The second-order valence-electron chi connectivity index (χ2n) is 7.20. The van der Waals surface area contributed by atoms with Crippen molar-refractivity contribution in [3.05, 3.63) is 88.7 Å². The van der Waals surface area contributed by atoms with Gasteiger partial charge in [-0.05, 0) is 41.7 Å². The highest BCUT2D eigenvalue weighted by Crippen LogP contribution is 2.27. The van der Waals surface area contributed by atoms with Gasteiger partial charge in [-0.2, -0.15) is 0 Å². The molecule has 30 heavy (non-hydrogen) atoms. The summed E-state index contributed by atoms with van der Waals surface area (Å²) in [4.78, 5) is 0. The molecule has 0 fully saturated rings. The van der Waals surface area contributed by atoms with Gasteiger partial charge in [-0.3, -0.25) is 0 Å². The molecule has 0 amide bonds. The minimum atomic E-state index is -0.822. The fourth-order valence-corrected chi connectivity index (χ4v) is 3.31. The molecule has 0 saturated heterocycles. The van der Waals surface area contributed by atoms with Crippen LogP contribution in [0, 0.1) is 17.5 Å². The Kier molecular flexibility index (Phi) is 7.34. The zero-order chi connectivity index (χ0) is 21.5. The molecule has 156 valence electrons. The Balaban J connectivity index is 1.74. The molecule has 0 radical (unpaired) electrons. The average Bonchev–Trinajstić information content (AvgIpc) is 2.76. The third kappa shape index (κ3) is 5.12. The minimum Gasteiger partial charge on any atom is -0.497 e. The normalized spacial score (nSPS) is 11.2. The van der Waals surface area contributed by atoms with E-state index in [0.29, 0.717) is 23.3 Å². The van der Waals surface area contributed by atoms with Gasteiger partial charge in [0.2, 0.25) is 0 Å². The summed E-state index contributed by atoms with van der Waals surface area (Å²) in [5, 5.41) is 0. The average molecular weight is 410 g/mol. The summed E-state index contributed by atoms with van der Waals surface area (Å²) in [5.74, 6) is -1.49. The Bertz CT molecular complexity index is 1020. The van der Waals surface area contributed by atoms with Crippen LogP contribution in [0.3, 0.4) is 0 Å². The first kappa shape index (κ1) is 21.7. The largest absolute Gasteiger partial charge is 0.497 e. The zero-order valence-corrected chi connectivity index (χ0v) is 17.2. The van der Waals surface area contributed by atoms with E-state index >= 15 is 0 Å². The number of halogens is 3. The number of benzene rings is 3. The van der Waals surface area contributed by atoms with Crippen LogP contribution in [0.25, 0.3) is 23.3 Å². The number of hydrogen-bond acceptors (Lipinski definition) is 1. The van der Waals surface area contributed by atoms with Crippen molar-refractivity contribution in [2.75, 3.05) is 7.11 Å². The van der Waals surface area contributed by atoms with E-state index in [4.69, 9.17) is 4.74 Å². The van der Waals surface area contributed by atoms with E-state index in [9.17, 15) is 13.2 Å². The molecular formula is C26H25F3O. The predicted octanol–water partition coefficient (Wildman–Crippen LogP) is 7.68. The summed E-state index contributed by atoms with van der Waals surface area (Å²) in [5.41, 5.74) is 2.62. The van der Waals surface area contributed by atoms with Crippen molar-refractivity contribution >= 4 is 12.2 Å². The first-order valence-electron chi connectivity index (χ1n) is 10.1. The Morgan fingerprint density at radius 1 is 0.833 bits per heavy atom. The van der Waals surface area contributed by atoms with Gasteiger partial charge in [0.25, 0.3) is 0 Å². The monoisotopic (exact) mass is 410 g/mol. The van der Waals surface area contributed by atoms with Crippen molar-refractivity contribution in [1.82, 2.24) is 0 Å². The summed E-state index contributed by atoms with van der Waals surface area (Å²) in [6.45, 7) is 2.07. The third-order valence-electron chi connectivity index (χ3n) is 5.10. The van der Waals surface area contributed by atoms with Gasteiger partial charge in [-0.1, -0.05) is 68.3 Å². The number of hydrogen-bond donors (Lipinski definition) is 0. The van der Waals surface area contributed by atoms with Crippen LogP contribution >= 0.6 is 0 Å². The van der Waals surface area contributed by atoms with E-state index in [-0.39, 0.29) is 11.4 Å². The van der Waals surface area contributed by atoms with E-state index in [2.05, 4.69) is 6.92 Å². The van der Waals surface area contributed by atoms with E-state index in [1.165, 1.54) is 13.2 Å². The molecule has 0 aliphatic rings. The number of methoxy groups -OCH3 is 1. The second-order valence-corrected chi connectivity index (χ2v) is 7.20. The van der Waals surface area contributed by atoms with Gasteiger partial charge in [0.05, 0.1) is 7.11 Å². The predicted molar refractivity (Wildman–Crippen MR) is 117 cm³/mol. The Labute approximate surface area is 175 Å². The number of aryl methyl sites for hydroxylation is 1. The lowest BCUT2D eigenvalue weighted by molar-refractivity contribution is 0.411. The van der Waals surface area contributed by atoms with Crippen LogP contribution in [0.4, 0.5) is 13.2 Å². The molecule has 0 heterocycles.